The summed E-state index contributed by atoms with van der Waals surface area (Å²) in [5.41, 5.74) is 2.41. The van der Waals surface area contributed by atoms with Crippen LogP contribution >= 0.6 is 34.8 Å². The lowest BCUT2D eigenvalue weighted by molar-refractivity contribution is 0.303. The van der Waals surface area contributed by atoms with Gasteiger partial charge in [0.2, 0.25) is 0 Å². The molecule has 0 aliphatic heterocycles. The van der Waals surface area contributed by atoms with Crippen LogP contribution in [-0.4, -0.2) is 0 Å². The summed E-state index contributed by atoms with van der Waals surface area (Å²) in [6, 6.07) is 17.1. The predicted octanol–water partition coefficient (Wildman–Crippen LogP) is 6.98. The van der Waals surface area contributed by atoms with Gasteiger partial charge in [-0.1, -0.05) is 59.1 Å². The lowest BCUT2D eigenvalue weighted by Crippen LogP contribution is -2.04. The molecule has 26 heavy (non-hydrogen) atoms. The number of halogens is 4. The van der Waals surface area contributed by atoms with Crippen molar-refractivity contribution in [2.45, 2.75) is 13.2 Å². The Labute approximate surface area is 166 Å². The third kappa shape index (κ3) is 4.82. The molecule has 0 bridgehead atoms. The molecule has 0 atom stereocenters. The standard InChI is InChI=1S/C20H15Cl3FNO/c21-15-6-8-17(22)19(9-15)25-11-13-3-1-2-4-20(13)26-12-14-5-7-16(24)10-18(14)23/h1-10,25H,11-12H2. The van der Waals surface area contributed by atoms with Gasteiger partial charge in [-0.15, -0.1) is 0 Å². The molecule has 0 aliphatic carbocycles. The van der Waals surface area contributed by atoms with E-state index in [1.54, 1.807) is 24.3 Å². The first-order chi connectivity index (χ1) is 12.5. The van der Waals surface area contributed by atoms with E-state index in [2.05, 4.69) is 5.32 Å². The number of rotatable bonds is 6. The molecule has 0 saturated carbocycles. The highest BCUT2D eigenvalue weighted by molar-refractivity contribution is 6.35. The van der Waals surface area contributed by atoms with Gasteiger partial charge in [0.15, 0.2) is 0 Å². The highest BCUT2D eigenvalue weighted by Crippen LogP contribution is 2.28. The van der Waals surface area contributed by atoms with E-state index in [-0.39, 0.29) is 12.4 Å². The summed E-state index contributed by atoms with van der Waals surface area (Å²) in [6.07, 6.45) is 0. The second kappa shape index (κ2) is 8.63. The molecule has 3 aromatic rings. The molecule has 0 saturated heterocycles. The maximum absolute atomic E-state index is 13.1. The van der Waals surface area contributed by atoms with Crippen LogP contribution in [0.4, 0.5) is 10.1 Å². The predicted molar refractivity (Wildman–Crippen MR) is 106 cm³/mol. The van der Waals surface area contributed by atoms with Crippen molar-refractivity contribution in [2.24, 2.45) is 0 Å². The molecule has 0 unspecified atom stereocenters. The molecule has 0 aromatic heterocycles. The molecule has 0 spiro atoms. The van der Waals surface area contributed by atoms with Crippen molar-refractivity contribution in [2.75, 3.05) is 5.32 Å². The maximum atomic E-state index is 13.1. The van der Waals surface area contributed by atoms with Gasteiger partial charge >= 0.3 is 0 Å². The molecule has 0 heterocycles. The Morgan fingerprint density at radius 3 is 2.46 bits per heavy atom. The van der Waals surface area contributed by atoms with Gasteiger partial charge in [-0.2, -0.15) is 0 Å². The van der Waals surface area contributed by atoms with Crippen LogP contribution in [0.25, 0.3) is 0 Å². The SMILES string of the molecule is Fc1ccc(COc2ccccc2CNc2cc(Cl)ccc2Cl)c(Cl)c1. The molecule has 0 radical (unpaired) electrons. The summed E-state index contributed by atoms with van der Waals surface area (Å²) in [5.74, 6) is 0.334. The van der Waals surface area contributed by atoms with Gasteiger partial charge in [0.05, 0.1) is 15.7 Å². The lowest BCUT2D eigenvalue weighted by Gasteiger charge is -2.14. The summed E-state index contributed by atoms with van der Waals surface area (Å²) in [5, 5.41) is 4.79. The molecule has 2 nitrogen and oxygen atoms in total. The second-order valence-electron chi connectivity index (χ2n) is 5.61. The van der Waals surface area contributed by atoms with Crippen molar-refractivity contribution in [1.29, 1.82) is 0 Å². The van der Waals surface area contributed by atoms with Crippen LogP contribution in [0.15, 0.2) is 60.7 Å². The van der Waals surface area contributed by atoms with Crippen molar-refractivity contribution in [3.8, 4) is 5.75 Å². The molecule has 3 aromatic carbocycles. The Morgan fingerprint density at radius 1 is 0.846 bits per heavy atom. The van der Waals surface area contributed by atoms with Gasteiger partial charge in [0.1, 0.15) is 18.2 Å². The molecule has 1 N–H and O–H groups in total. The van der Waals surface area contributed by atoms with Crippen molar-refractivity contribution in [1.82, 2.24) is 0 Å². The number of hydrogen-bond acceptors (Lipinski definition) is 2. The van der Waals surface area contributed by atoms with E-state index in [9.17, 15) is 4.39 Å². The smallest absolute Gasteiger partial charge is 0.124 e. The van der Waals surface area contributed by atoms with Crippen LogP contribution in [0, 0.1) is 5.82 Å². The monoisotopic (exact) mass is 409 g/mol. The van der Waals surface area contributed by atoms with Crippen LogP contribution < -0.4 is 10.1 Å². The minimum absolute atomic E-state index is 0.244. The second-order valence-corrected chi connectivity index (χ2v) is 6.86. The fourth-order valence-corrected chi connectivity index (χ4v) is 2.99. The molecule has 134 valence electrons. The van der Waals surface area contributed by atoms with Crippen molar-refractivity contribution in [3.05, 3.63) is 92.7 Å². The number of anilines is 1. The largest absolute Gasteiger partial charge is 0.488 e. The number of ether oxygens (including phenoxy) is 1. The zero-order valence-electron chi connectivity index (χ0n) is 13.6. The van der Waals surface area contributed by atoms with Gasteiger partial charge in [0.25, 0.3) is 0 Å². The average Bonchev–Trinajstić information content (AvgIpc) is 2.62. The topological polar surface area (TPSA) is 21.3 Å². The molecule has 0 amide bonds. The minimum Gasteiger partial charge on any atom is -0.488 e. The summed E-state index contributed by atoms with van der Waals surface area (Å²) in [4.78, 5) is 0. The number of hydrogen-bond donors (Lipinski definition) is 1. The number of benzene rings is 3. The Hall–Kier alpha value is -1.94. The quantitative estimate of drug-likeness (QED) is 0.473. The van der Waals surface area contributed by atoms with Crippen molar-refractivity contribution >= 4 is 40.5 Å². The molecular formula is C20H15Cl3FNO. The van der Waals surface area contributed by atoms with E-state index in [1.807, 2.05) is 24.3 Å². The van der Waals surface area contributed by atoms with Gasteiger partial charge in [-0.3, -0.25) is 0 Å². The Balaban J connectivity index is 1.70. The van der Waals surface area contributed by atoms with Crippen molar-refractivity contribution in [3.63, 3.8) is 0 Å². The third-order valence-corrected chi connectivity index (χ3v) is 4.69. The van der Waals surface area contributed by atoms with Crippen LogP contribution in [-0.2, 0) is 13.2 Å². The number of para-hydroxylation sites is 1. The van der Waals surface area contributed by atoms with Crippen LogP contribution in [0.5, 0.6) is 5.75 Å². The zero-order valence-corrected chi connectivity index (χ0v) is 15.9. The molecule has 3 rings (SSSR count). The van der Waals surface area contributed by atoms with Crippen LogP contribution in [0.1, 0.15) is 11.1 Å². The van der Waals surface area contributed by atoms with Gasteiger partial charge in [0, 0.05) is 22.7 Å². The molecule has 6 heteroatoms. The zero-order chi connectivity index (χ0) is 18.5. The Morgan fingerprint density at radius 2 is 1.65 bits per heavy atom. The normalized spacial score (nSPS) is 10.6. The highest BCUT2D eigenvalue weighted by atomic mass is 35.5. The fraction of sp³-hybridized carbons (Fsp3) is 0.100. The van der Waals surface area contributed by atoms with Crippen molar-refractivity contribution < 1.29 is 9.13 Å². The van der Waals surface area contributed by atoms with E-state index in [0.717, 1.165) is 11.3 Å². The minimum atomic E-state index is -0.373. The van der Waals surface area contributed by atoms with E-state index in [0.29, 0.717) is 32.9 Å². The highest BCUT2D eigenvalue weighted by Gasteiger charge is 2.08. The first kappa shape index (κ1) is 18.8. The lowest BCUT2D eigenvalue weighted by atomic mass is 10.2. The first-order valence-corrected chi connectivity index (χ1v) is 9.00. The van der Waals surface area contributed by atoms with Gasteiger partial charge in [-0.05, 0) is 36.4 Å². The Kier molecular flexibility index (Phi) is 6.25. The van der Waals surface area contributed by atoms with Crippen LogP contribution in [0.2, 0.25) is 15.1 Å². The van der Waals surface area contributed by atoms with Gasteiger partial charge in [-0.25, -0.2) is 4.39 Å². The molecule has 0 fully saturated rings. The summed E-state index contributed by atoms with van der Waals surface area (Å²) in [6.45, 7) is 0.751. The fourth-order valence-electron chi connectivity index (χ4n) is 2.41. The maximum Gasteiger partial charge on any atom is 0.124 e. The van der Waals surface area contributed by atoms with E-state index in [1.165, 1.54) is 12.1 Å². The van der Waals surface area contributed by atoms with Crippen LogP contribution in [0.3, 0.4) is 0 Å². The first-order valence-electron chi connectivity index (χ1n) is 7.86. The Bertz CT molecular complexity index is 917. The summed E-state index contributed by atoms with van der Waals surface area (Å²) in [7, 11) is 0. The van der Waals surface area contributed by atoms with E-state index >= 15 is 0 Å². The average molecular weight is 411 g/mol. The molecular weight excluding hydrogens is 396 g/mol. The number of nitrogens with one attached hydrogen (secondary N) is 1. The third-order valence-electron chi connectivity index (χ3n) is 3.77. The summed E-state index contributed by atoms with van der Waals surface area (Å²) >= 11 is 18.2. The molecule has 0 aliphatic rings. The van der Waals surface area contributed by atoms with E-state index < -0.39 is 0 Å². The van der Waals surface area contributed by atoms with E-state index in [4.69, 9.17) is 39.5 Å². The van der Waals surface area contributed by atoms with Gasteiger partial charge < -0.3 is 10.1 Å². The summed E-state index contributed by atoms with van der Waals surface area (Å²) < 4.78 is 19.0.